The fraction of sp³-hybridized carbons (Fsp3) is 0.278. The SMILES string of the molecule is N#Cc1ccccc1C[NH+]1CCN(S(=O)(=O)c2ccc(Cl)cc2)CC1. The molecule has 1 saturated heterocycles. The van der Waals surface area contributed by atoms with Gasteiger partial charge in [0.2, 0.25) is 10.0 Å². The molecule has 7 heteroatoms. The van der Waals surface area contributed by atoms with Crippen molar-refractivity contribution in [2.75, 3.05) is 26.2 Å². The van der Waals surface area contributed by atoms with E-state index in [4.69, 9.17) is 11.6 Å². The monoisotopic (exact) mass is 376 g/mol. The molecule has 0 amide bonds. The van der Waals surface area contributed by atoms with Gasteiger partial charge in [0.1, 0.15) is 6.54 Å². The van der Waals surface area contributed by atoms with Gasteiger partial charge in [0.15, 0.2) is 0 Å². The van der Waals surface area contributed by atoms with E-state index in [2.05, 4.69) is 6.07 Å². The summed E-state index contributed by atoms with van der Waals surface area (Å²) in [4.78, 5) is 1.56. The Morgan fingerprint density at radius 3 is 2.36 bits per heavy atom. The third kappa shape index (κ3) is 4.02. The van der Waals surface area contributed by atoms with Crippen LogP contribution in [0.1, 0.15) is 11.1 Å². The van der Waals surface area contributed by atoms with Crippen molar-refractivity contribution in [2.24, 2.45) is 0 Å². The molecule has 0 aliphatic carbocycles. The summed E-state index contributed by atoms with van der Waals surface area (Å²) in [5.74, 6) is 0. The van der Waals surface area contributed by atoms with Crippen molar-refractivity contribution in [3.05, 3.63) is 64.7 Å². The first-order chi connectivity index (χ1) is 12.0. The molecule has 0 unspecified atom stereocenters. The van der Waals surface area contributed by atoms with Gasteiger partial charge in [-0.25, -0.2) is 8.42 Å². The summed E-state index contributed by atoms with van der Waals surface area (Å²) in [6, 6.07) is 16.0. The van der Waals surface area contributed by atoms with Crippen LogP contribution in [-0.2, 0) is 16.6 Å². The second-order valence-corrected chi connectivity index (χ2v) is 8.43. The first kappa shape index (κ1) is 17.9. The number of nitrogens with one attached hydrogen (secondary N) is 1. The van der Waals surface area contributed by atoms with Crippen LogP contribution in [0.25, 0.3) is 0 Å². The molecule has 0 radical (unpaired) electrons. The predicted molar refractivity (Wildman–Crippen MR) is 95.8 cm³/mol. The zero-order valence-corrected chi connectivity index (χ0v) is 15.2. The number of hydrogen-bond acceptors (Lipinski definition) is 3. The molecule has 1 fully saturated rings. The number of benzene rings is 2. The van der Waals surface area contributed by atoms with E-state index < -0.39 is 10.0 Å². The lowest BCUT2D eigenvalue weighted by atomic mass is 10.1. The van der Waals surface area contributed by atoms with Gasteiger partial charge in [0.25, 0.3) is 0 Å². The lowest BCUT2D eigenvalue weighted by Crippen LogP contribution is -3.13. The maximum Gasteiger partial charge on any atom is 0.243 e. The molecule has 2 aromatic rings. The van der Waals surface area contributed by atoms with Crippen LogP contribution in [0.15, 0.2) is 53.4 Å². The average molecular weight is 377 g/mol. The van der Waals surface area contributed by atoms with Crippen LogP contribution in [0.2, 0.25) is 5.02 Å². The number of quaternary nitrogens is 1. The van der Waals surface area contributed by atoms with Crippen molar-refractivity contribution in [3.8, 4) is 6.07 Å². The third-order valence-corrected chi connectivity index (χ3v) is 6.62. The standard InChI is InChI=1S/C18H18ClN3O2S/c19-17-5-7-18(8-6-17)25(23,24)22-11-9-21(10-12-22)14-16-4-2-1-3-15(16)13-20/h1-8H,9-12,14H2/p+1. The highest BCUT2D eigenvalue weighted by Gasteiger charge is 2.30. The Bertz CT molecular complexity index is 883. The Balaban J connectivity index is 1.65. The molecule has 0 bridgehead atoms. The molecular formula is C18H19ClN3O2S+. The fourth-order valence-electron chi connectivity index (χ4n) is 3.03. The summed E-state index contributed by atoms with van der Waals surface area (Å²) < 4.78 is 26.9. The quantitative estimate of drug-likeness (QED) is 0.874. The molecule has 3 rings (SSSR count). The highest BCUT2D eigenvalue weighted by Crippen LogP contribution is 2.18. The largest absolute Gasteiger partial charge is 0.329 e. The molecule has 130 valence electrons. The number of nitriles is 1. The zero-order chi connectivity index (χ0) is 17.9. The van der Waals surface area contributed by atoms with Crippen molar-refractivity contribution in [1.29, 1.82) is 5.26 Å². The van der Waals surface area contributed by atoms with Gasteiger partial charge in [-0.05, 0) is 30.3 Å². The van der Waals surface area contributed by atoms with Crippen molar-refractivity contribution < 1.29 is 13.3 Å². The van der Waals surface area contributed by atoms with Crippen molar-refractivity contribution >= 4 is 21.6 Å². The Morgan fingerprint density at radius 2 is 1.72 bits per heavy atom. The van der Waals surface area contributed by atoms with E-state index in [0.717, 1.165) is 12.1 Å². The van der Waals surface area contributed by atoms with Crippen molar-refractivity contribution in [3.63, 3.8) is 0 Å². The van der Waals surface area contributed by atoms with Crippen LogP contribution >= 0.6 is 11.6 Å². The van der Waals surface area contributed by atoms with Gasteiger partial charge in [-0.2, -0.15) is 9.57 Å². The molecule has 1 aliphatic rings. The van der Waals surface area contributed by atoms with Gasteiger partial charge in [0.05, 0.1) is 42.7 Å². The topological polar surface area (TPSA) is 65.6 Å². The fourth-order valence-corrected chi connectivity index (χ4v) is 4.60. The van der Waals surface area contributed by atoms with Crippen LogP contribution < -0.4 is 4.90 Å². The van der Waals surface area contributed by atoms with Crippen molar-refractivity contribution in [2.45, 2.75) is 11.4 Å². The van der Waals surface area contributed by atoms with Crippen LogP contribution in [0.5, 0.6) is 0 Å². The maximum atomic E-state index is 12.7. The van der Waals surface area contributed by atoms with E-state index in [1.807, 2.05) is 24.3 Å². The van der Waals surface area contributed by atoms with Gasteiger partial charge < -0.3 is 4.90 Å². The van der Waals surface area contributed by atoms with Gasteiger partial charge in [-0.3, -0.25) is 0 Å². The highest BCUT2D eigenvalue weighted by atomic mass is 35.5. The van der Waals surface area contributed by atoms with Gasteiger partial charge in [-0.1, -0.05) is 29.8 Å². The van der Waals surface area contributed by atoms with Gasteiger partial charge in [-0.15, -0.1) is 0 Å². The lowest BCUT2D eigenvalue weighted by Gasteiger charge is -2.31. The summed E-state index contributed by atoms with van der Waals surface area (Å²) in [5, 5.41) is 9.70. The van der Waals surface area contributed by atoms with Crippen LogP contribution in [-0.4, -0.2) is 38.9 Å². The summed E-state index contributed by atoms with van der Waals surface area (Å²) in [6.45, 7) is 3.10. The molecule has 25 heavy (non-hydrogen) atoms. The highest BCUT2D eigenvalue weighted by molar-refractivity contribution is 7.89. The lowest BCUT2D eigenvalue weighted by molar-refractivity contribution is -0.917. The van der Waals surface area contributed by atoms with E-state index in [1.165, 1.54) is 9.21 Å². The Morgan fingerprint density at radius 1 is 1.08 bits per heavy atom. The summed E-state index contributed by atoms with van der Waals surface area (Å²) in [5.41, 5.74) is 1.69. The van der Waals surface area contributed by atoms with E-state index in [1.54, 1.807) is 24.3 Å². The molecule has 0 spiro atoms. The molecule has 1 heterocycles. The number of sulfonamides is 1. The second-order valence-electron chi connectivity index (χ2n) is 6.05. The minimum Gasteiger partial charge on any atom is -0.329 e. The first-order valence-electron chi connectivity index (χ1n) is 8.08. The first-order valence-corrected chi connectivity index (χ1v) is 9.90. The normalized spacial score (nSPS) is 16.5. The zero-order valence-electron chi connectivity index (χ0n) is 13.7. The van der Waals surface area contributed by atoms with Crippen molar-refractivity contribution in [1.82, 2.24) is 4.31 Å². The number of hydrogen-bond donors (Lipinski definition) is 1. The van der Waals surface area contributed by atoms with Crippen LogP contribution in [0, 0.1) is 11.3 Å². The Hall–Kier alpha value is -1.91. The summed E-state index contributed by atoms with van der Waals surface area (Å²) >= 11 is 5.83. The van der Waals surface area contributed by atoms with E-state index in [9.17, 15) is 13.7 Å². The number of piperazine rings is 1. The minimum absolute atomic E-state index is 0.273. The Kier molecular flexibility index (Phi) is 5.40. The molecule has 0 aromatic heterocycles. The van der Waals surface area contributed by atoms with E-state index in [0.29, 0.717) is 36.8 Å². The molecule has 2 aromatic carbocycles. The number of rotatable bonds is 4. The second kappa shape index (κ2) is 7.54. The number of nitrogens with zero attached hydrogens (tertiary/aromatic N) is 2. The summed E-state index contributed by atoms with van der Waals surface area (Å²) in [6.07, 6.45) is 0. The van der Waals surface area contributed by atoms with Gasteiger partial charge >= 0.3 is 0 Å². The smallest absolute Gasteiger partial charge is 0.243 e. The molecule has 0 saturated carbocycles. The number of halogens is 1. The summed E-state index contributed by atoms with van der Waals surface area (Å²) in [7, 11) is -3.48. The minimum atomic E-state index is -3.48. The Labute approximate surface area is 153 Å². The molecular weight excluding hydrogens is 358 g/mol. The van der Waals surface area contributed by atoms with E-state index in [-0.39, 0.29) is 4.90 Å². The molecule has 0 atom stereocenters. The molecule has 1 aliphatic heterocycles. The molecule has 5 nitrogen and oxygen atoms in total. The van der Waals surface area contributed by atoms with Crippen LogP contribution in [0.4, 0.5) is 0 Å². The van der Waals surface area contributed by atoms with Crippen LogP contribution in [0.3, 0.4) is 0 Å². The molecule has 1 N–H and O–H groups in total. The maximum absolute atomic E-state index is 12.7. The predicted octanol–water partition coefficient (Wildman–Crippen LogP) is 1.30. The third-order valence-electron chi connectivity index (χ3n) is 4.46. The van der Waals surface area contributed by atoms with Gasteiger partial charge in [0, 0.05) is 10.6 Å². The van der Waals surface area contributed by atoms with E-state index >= 15 is 0 Å². The average Bonchev–Trinajstić information content (AvgIpc) is 2.63.